The molecule has 126 valence electrons. The number of hydrogen-bond donors (Lipinski definition) is 2. The topological polar surface area (TPSA) is 123 Å². The van der Waals surface area contributed by atoms with E-state index in [4.69, 9.17) is 11.0 Å². The number of hydrogen-bond acceptors (Lipinski definition) is 6. The van der Waals surface area contributed by atoms with Gasteiger partial charge in [0.2, 0.25) is 0 Å². The van der Waals surface area contributed by atoms with E-state index in [1.54, 1.807) is 36.4 Å². The number of anilines is 1. The van der Waals surface area contributed by atoms with Gasteiger partial charge in [-0.3, -0.25) is 4.57 Å². The Hall–Kier alpha value is -4.12. The fourth-order valence-corrected chi connectivity index (χ4v) is 2.84. The molecule has 0 aliphatic rings. The van der Waals surface area contributed by atoms with E-state index in [2.05, 4.69) is 16.0 Å². The van der Waals surface area contributed by atoms with Gasteiger partial charge in [0.1, 0.15) is 17.6 Å². The van der Waals surface area contributed by atoms with Gasteiger partial charge in [0.15, 0.2) is 11.5 Å². The maximum Gasteiger partial charge on any atom is 0.339 e. The van der Waals surface area contributed by atoms with Crippen LogP contribution in [0.25, 0.3) is 22.5 Å². The Bertz CT molecular complexity index is 1230. The predicted molar refractivity (Wildman–Crippen MR) is 95.3 cm³/mol. The second kappa shape index (κ2) is 5.75. The average molecular weight is 344 g/mol. The monoisotopic (exact) mass is 344 g/mol. The lowest BCUT2D eigenvalue weighted by Crippen LogP contribution is -2.22. The Labute approximate surface area is 147 Å². The summed E-state index contributed by atoms with van der Waals surface area (Å²) in [5.41, 5.74) is 7.70. The Morgan fingerprint density at radius 2 is 1.81 bits per heavy atom. The maximum atomic E-state index is 13.2. The van der Waals surface area contributed by atoms with Crippen LogP contribution in [-0.4, -0.2) is 24.2 Å². The van der Waals surface area contributed by atoms with E-state index < -0.39 is 5.69 Å². The zero-order chi connectivity index (χ0) is 18.3. The summed E-state index contributed by atoms with van der Waals surface area (Å²) in [6.45, 7) is 0. The summed E-state index contributed by atoms with van der Waals surface area (Å²) in [4.78, 5) is 21.4. The van der Waals surface area contributed by atoms with Gasteiger partial charge >= 0.3 is 5.69 Å². The van der Waals surface area contributed by atoms with Crippen LogP contribution in [0.5, 0.6) is 5.75 Å². The number of nitrogens with zero attached hydrogens (tertiary/aromatic N) is 5. The number of nitriles is 1. The SMILES string of the molecule is N#Cc1cccc(-n2c(=O)n(-c3ccc(O)cc3)c3c(N)ncnc32)c1. The van der Waals surface area contributed by atoms with Crippen LogP contribution in [0.2, 0.25) is 0 Å². The molecule has 0 atom stereocenters. The molecule has 0 bridgehead atoms. The molecule has 0 spiro atoms. The standard InChI is InChI=1S/C18H12N6O2/c19-9-11-2-1-3-13(8-11)24-17-15(16(20)21-10-22-17)23(18(24)26)12-4-6-14(25)7-5-12/h1-8,10,25H,(H2,20,21,22). The molecule has 0 fully saturated rings. The molecule has 2 aromatic carbocycles. The summed E-state index contributed by atoms with van der Waals surface area (Å²) in [6.07, 6.45) is 1.28. The van der Waals surface area contributed by atoms with Crippen LogP contribution < -0.4 is 11.4 Å². The first-order valence-electron chi connectivity index (χ1n) is 7.64. The molecule has 8 heteroatoms. The van der Waals surface area contributed by atoms with E-state index in [9.17, 15) is 9.90 Å². The first-order valence-corrected chi connectivity index (χ1v) is 7.64. The Morgan fingerprint density at radius 3 is 2.54 bits per heavy atom. The van der Waals surface area contributed by atoms with Crippen molar-refractivity contribution in [2.24, 2.45) is 0 Å². The van der Waals surface area contributed by atoms with Gasteiger partial charge in [0.25, 0.3) is 0 Å². The molecule has 4 aromatic rings. The third-order valence-corrected chi connectivity index (χ3v) is 3.99. The number of phenolic OH excluding ortho intramolecular Hbond substituents is 1. The zero-order valence-corrected chi connectivity index (χ0v) is 13.4. The molecule has 26 heavy (non-hydrogen) atoms. The number of benzene rings is 2. The fraction of sp³-hybridized carbons (Fsp3) is 0. The van der Waals surface area contributed by atoms with Gasteiger partial charge in [0, 0.05) is 0 Å². The second-order valence-electron chi connectivity index (χ2n) is 5.56. The molecular formula is C18H12N6O2. The number of rotatable bonds is 2. The lowest BCUT2D eigenvalue weighted by Gasteiger charge is -2.04. The van der Waals surface area contributed by atoms with Gasteiger partial charge in [-0.25, -0.2) is 19.3 Å². The molecular weight excluding hydrogens is 332 g/mol. The Morgan fingerprint density at radius 1 is 1.04 bits per heavy atom. The van der Waals surface area contributed by atoms with Gasteiger partial charge in [0.05, 0.1) is 23.0 Å². The van der Waals surface area contributed by atoms with Crippen molar-refractivity contribution in [1.29, 1.82) is 5.26 Å². The number of nitrogen functional groups attached to an aromatic ring is 1. The Balaban J connectivity index is 2.11. The third-order valence-electron chi connectivity index (χ3n) is 3.99. The average Bonchev–Trinajstić information content (AvgIpc) is 2.96. The highest BCUT2D eigenvalue weighted by atomic mass is 16.3. The van der Waals surface area contributed by atoms with Crippen molar-refractivity contribution in [3.8, 4) is 23.2 Å². The summed E-state index contributed by atoms with van der Waals surface area (Å²) >= 11 is 0. The molecule has 0 aliphatic carbocycles. The van der Waals surface area contributed by atoms with E-state index >= 15 is 0 Å². The van der Waals surface area contributed by atoms with Gasteiger partial charge in [-0.1, -0.05) is 6.07 Å². The summed E-state index contributed by atoms with van der Waals surface area (Å²) in [5.74, 6) is 0.229. The minimum absolute atomic E-state index is 0.0801. The molecule has 4 rings (SSSR count). The maximum absolute atomic E-state index is 13.2. The Kier molecular flexibility index (Phi) is 3.41. The van der Waals surface area contributed by atoms with Crippen LogP contribution >= 0.6 is 0 Å². The molecule has 0 radical (unpaired) electrons. The molecule has 3 N–H and O–H groups in total. The van der Waals surface area contributed by atoms with E-state index in [0.29, 0.717) is 28.1 Å². The fourth-order valence-electron chi connectivity index (χ4n) is 2.84. The van der Waals surface area contributed by atoms with Crippen molar-refractivity contribution >= 4 is 17.0 Å². The van der Waals surface area contributed by atoms with Gasteiger partial charge < -0.3 is 10.8 Å². The van der Waals surface area contributed by atoms with E-state index in [1.165, 1.54) is 27.6 Å². The van der Waals surface area contributed by atoms with Crippen LogP contribution in [0.4, 0.5) is 5.82 Å². The van der Waals surface area contributed by atoms with Crippen molar-refractivity contribution in [3.63, 3.8) is 0 Å². The third kappa shape index (κ3) is 2.27. The molecule has 0 unspecified atom stereocenters. The molecule has 0 saturated carbocycles. The van der Waals surface area contributed by atoms with Crippen LogP contribution in [0.3, 0.4) is 0 Å². The van der Waals surface area contributed by atoms with Crippen molar-refractivity contribution in [1.82, 2.24) is 19.1 Å². The summed E-state index contributed by atoms with van der Waals surface area (Å²) < 4.78 is 2.75. The van der Waals surface area contributed by atoms with E-state index in [1.807, 2.05) is 0 Å². The predicted octanol–water partition coefficient (Wildman–Crippen LogP) is 1.73. The van der Waals surface area contributed by atoms with Crippen molar-refractivity contribution in [2.75, 3.05) is 5.73 Å². The molecule has 0 amide bonds. The number of aromatic hydroxyl groups is 1. The van der Waals surface area contributed by atoms with Gasteiger partial charge in [-0.2, -0.15) is 5.26 Å². The molecule has 0 saturated heterocycles. The summed E-state index contributed by atoms with van der Waals surface area (Å²) in [6, 6.07) is 14.8. The highest BCUT2D eigenvalue weighted by molar-refractivity contribution is 5.85. The van der Waals surface area contributed by atoms with Gasteiger partial charge in [-0.05, 0) is 42.5 Å². The number of nitrogens with two attached hydrogens (primary N) is 1. The molecule has 0 aliphatic heterocycles. The molecule has 2 aromatic heterocycles. The number of imidazole rings is 1. The van der Waals surface area contributed by atoms with Crippen molar-refractivity contribution in [3.05, 3.63) is 70.9 Å². The molecule has 8 nitrogen and oxygen atoms in total. The second-order valence-corrected chi connectivity index (χ2v) is 5.56. The van der Waals surface area contributed by atoms with Crippen molar-refractivity contribution < 1.29 is 5.11 Å². The van der Waals surface area contributed by atoms with Crippen LogP contribution in [0, 0.1) is 11.3 Å². The minimum Gasteiger partial charge on any atom is -0.508 e. The summed E-state index contributed by atoms with van der Waals surface area (Å²) in [5, 5.41) is 18.6. The minimum atomic E-state index is -0.409. The van der Waals surface area contributed by atoms with E-state index in [-0.39, 0.29) is 11.6 Å². The number of phenols is 1. The highest BCUT2D eigenvalue weighted by Crippen LogP contribution is 2.23. The quantitative estimate of drug-likeness (QED) is 0.571. The van der Waals surface area contributed by atoms with Crippen LogP contribution in [-0.2, 0) is 0 Å². The van der Waals surface area contributed by atoms with Crippen LogP contribution in [0.15, 0.2) is 59.7 Å². The highest BCUT2D eigenvalue weighted by Gasteiger charge is 2.20. The first-order chi connectivity index (χ1) is 12.6. The lowest BCUT2D eigenvalue weighted by molar-refractivity contribution is 0.475. The largest absolute Gasteiger partial charge is 0.508 e. The smallest absolute Gasteiger partial charge is 0.339 e. The van der Waals surface area contributed by atoms with Crippen LogP contribution in [0.1, 0.15) is 5.56 Å². The van der Waals surface area contributed by atoms with Gasteiger partial charge in [-0.15, -0.1) is 0 Å². The first kappa shape index (κ1) is 15.4. The lowest BCUT2D eigenvalue weighted by atomic mass is 10.2. The summed E-state index contributed by atoms with van der Waals surface area (Å²) in [7, 11) is 0. The zero-order valence-electron chi connectivity index (χ0n) is 13.4. The normalized spacial score (nSPS) is 10.7. The number of fused-ring (bicyclic) bond motifs is 1. The van der Waals surface area contributed by atoms with Crippen molar-refractivity contribution in [2.45, 2.75) is 0 Å². The van der Waals surface area contributed by atoms with E-state index in [0.717, 1.165) is 0 Å². The number of aromatic nitrogens is 4. The molecule has 2 heterocycles.